The van der Waals surface area contributed by atoms with Crippen LogP contribution in [0.25, 0.3) is 11.3 Å². The van der Waals surface area contributed by atoms with Crippen molar-refractivity contribution in [3.8, 4) is 17.3 Å². The lowest BCUT2D eigenvalue weighted by molar-refractivity contribution is -0.118. The van der Waals surface area contributed by atoms with E-state index >= 15 is 0 Å². The van der Waals surface area contributed by atoms with Gasteiger partial charge in [-0.25, -0.2) is 4.98 Å². The minimum absolute atomic E-state index is 0.148. The number of nitrogens with zero attached hydrogens (tertiary/aromatic N) is 4. The van der Waals surface area contributed by atoms with Crippen LogP contribution in [0.2, 0.25) is 0 Å². The fourth-order valence-corrected chi connectivity index (χ4v) is 3.68. The van der Waals surface area contributed by atoms with Crippen LogP contribution in [-0.2, 0) is 4.79 Å². The summed E-state index contributed by atoms with van der Waals surface area (Å²) in [5, 5.41) is 23.6. The van der Waals surface area contributed by atoms with E-state index in [4.69, 9.17) is 5.26 Å². The number of aryl methyl sites for hydroxylation is 1. The molecule has 2 aromatic heterocycles. The highest BCUT2D eigenvalue weighted by Crippen LogP contribution is 2.21. The lowest BCUT2D eigenvalue weighted by Crippen LogP contribution is -2.35. The Morgan fingerprint density at radius 1 is 0.943 bits per heavy atom. The van der Waals surface area contributed by atoms with Gasteiger partial charge in [0.05, 0.1) is 23.0 Å². The lowest BCUT2D eigenvalue weighted by Gasteiger charge is -2.21. The quantitative estimate of drug-likeness (QED) is 0.390. The average molecular weight is 463 g/mol. The molecular weight excluding hydrogens is 436 g/mol. The van der Waals surface area contributed by atoms with Crippen molar-refractivity contribution in [1.82, 2.24) is 20.5 Å². The molecule has 0 radical (unpaired) electrons. The number of benzene rings is 2. The predicted molar refractivity (Wildman–Crippen MR) is 135 cm³/mol. The van der Waals surface area contributed by atoms with Crippen molar-refractivity contribution in [2.24, 2.45) is 0 Å². The zero-order chi connectivity index (χ0) is 24.6. The number of carbonyl (C=O) groups excluding carboxylic acids is 1. The van der Waals surface area contributed by atoms with Gasteiger partial charge in [0.25, 0.3) is 0 Å². The second kappa shape index (κ2) is 11.1. The summed E-state index contributed by atoms with van der Waals surface area (Å²) in [4.78, 5) is 17.7. The zero-order valence-electron chi connectivity index (χ0n) is 19.6. The highest BCUT2D eigenvalue weighted by Gasteiger charge is 2.21. The van der Waals surface area contributed by atoms with Gasteiger partial charge in [0, 0.05) is 18.3 Å². The molecule has 0 saturated heterocycles. The molecule has 0 aliphatic rings. The molecule has 7 nitrogen and oxygen atoms in total. The molecule has 0 aliphatic heterocycles. The first kappa shape index (κ1) is 23.7. The van der Waals surface area contributed by atoms with Crippen molar-refractivity contribution < 1.29 is 4.79 Å². The number of rotatable bonds is 8. The van der Waals surface area contributed by atoms with Gasteiger partial charge in [-0.1, -0.05) is 49.4 Å². The molecule has 0 bridgehead atoms. The van der Waals surface area contributed by atoms with Crippen LogP contribution < -0.4 is 10.6 Å². The van der Waals surface area contributed by atoms with E-state index in [9.17, 15) is 4.79 Å². The van der Waals surface area contributed by atoms with Crippen LogP contribution in [0.3, 0.4) is 0 Å². The number of nitrogens with one attached hydrogen (secondary N) is 2. The molecule has 4 aromatic rings. The van der Waals surface area contributed by atoms with E-state index in [1.54, 1.807) is 12.3 Å². The Labute approximate surface area is 204 Å². The summed E-state index contributed by atoms with van der Waals surface area (Å²) in [7, 11) is 0. The summed E-state index contributed by atoms with van der Waals surface area (Å²) in [6, 6.07) is 26.1. The Morgan fingerprint density at radius 2 is 1.71 bits per heavy atom. The highest BCUT2D eigenvalue weighted by atomic mass is 16.2. The van der Waals surface area contributed by atoms with Crippen LogP contribution in [0.5, 0.6) is 0 Å². The highest BCUT2D eigenvalue weighted by molar-refractivity contribution is 5.94. The number of nitriles is 1. The molecule has 0 spiro atoms. The summed E-state index contributed by atoms with van der Waals surface area (Å²) >= 11 is 0. The fourth-order valence-electron chi connectivity index (χ4n) is 3.68. The van der Waals surface area contributed by atoms with Gasteiger partial charge in [-0.3, -0.25) is 4.79 Å². The van der Waals surface area contributed by atoms with E-state index in [1.807, 2.05) is 79.7 Å². The van der Waals surface area contributed by atoms with Crippen molar-refractivity contribution in [2.45, 2.75) is 25.8 Å². The van der Waals surface area contributed by atoms with E-state index in [2.05, 4.69) is 38.8 Å². The molecule has 7 heteroatoms. The molecule has 2 N–H and O–H groups in total. The first-order chi connectivity index (χ1) is 17.0. The first-order valence-corrected chi connectivity index (χ1v) is 11.4. The van der Waals surface area contributed by atoms with E-state index < -0.39 is 6.04 Å². The second-order valence-corrected chi connectivity index (χ2v) is 8.37. The molecule has 174 valence electrons. The van der Waals surface area contributed by atoms with E-state index in [-0.39, 0.29) is 11.8 Å². The molecule has 2 heterocycles. The van der Waals surface area contributed by atoms with E-state index in [1.165, 1.54) is 0 Å². The molecule has 2 atom stereocenters. The van der Waals surface area contributed by atoms with Gasteiger partial charge in [-0.05, 0) is 60.4 Å². The summed E-state index contributed by atoms with van der Waals surface area (Å²) < 4.78 is 0. The van der Waals surface area contributed by atoms with E-state index in [0.29, 0.717) is 17.9 Å². The van der Waals surface area contributed by atoms with Gasteiger partial charge >= 0.3 is 0 Å². The average Bonchev–Trinajstić information content (AvgIpc) is 2.90. The number of hydrogen-bond acceptors (Lipinski definition) is 6. The number of amides is 1. The molecule has 0 fully saturated rings. The molecule has 1 amide bonds. The Morgan fingerprint density at radius 3 is 2.34 bits per heavy atom. The van der Waals surface area contributed by atoms with Gasteiger partial charge in [0.1, 0.15) is 11.9 Å². The van der Waals surface area contributed by atoms with Crippen molar-refractivity contribution >= 4 is 11.7 Å². The maximum atomic E-state index is 13.3. The number of pyridine rings is 1. The monoisotopic (exact) mass is 462 g/mol. The van der Waals surface area contributed by atoms with Crippen LogP contribution in [0.1, 0.15) is 41.3 Å². The summed E-state index contributed by atoms with van der Waals surface area (Å²) in [6.07, 6.45) is 1.67. The summed E-state index contributed by atoms with van der Waals surface area (Å²) in [5.74, 6) is 0.412. The smallest absolute Gasteiger partial charge is 0.247 e. The SMILES string of the molecule is Cc1ccc(-c2ccc(NC(=O)[C@H](NC[C@@H](C)c3ccc(C#N)cc3)c3ccccc3)nc2)nn1. The standard InChI is InChI=1S/C28H26N6O/c1-19(22-11-9-21(16-29)10-12-22)17-31-27(23-6-4-3-5-7-23)28(35)32-26-15-13-24(18-30-26)25-14-8-20(2)33-34-25/h3-15,18-19,27,31H,17H2,1-2H3,(H,30,32,35)/t19-,27-/m1/s1. The van der Waals surface area contributed by atoms with Crippen molar-refractivity contribution in [1.29, 1.82) is 5.26 Å². The third kappa shape index (κ3) is 6.14. The molecule has 0 unspecified atom stereocenters. The Balaban J connectivity index is 1.46. The third-order valence-corrected chi connectivity index (χ3v) is 5.74. The summed E-state index contributed by atoms with van der Waals surface area (Å²) in [6.45, 7) is 4.55. The molecular formula is C28H26N6O. The van der Waals surface area contributed by atoms with Gasteiger partial charge in [0.15, 0.2) is 0 Å². The number of hydrogen-bond donors (Lipinski definition) is 2. The fraction of sp³-hybridized carbons (Fsp3) is 0.179. The Hall–Kier alpha value is -4.41. The van der Waals surface area contributed by atoms with Crippen molar-refractivity contribution in [3.63, 3.8) is 0 Å². The zero-order valence-corrected chi connectivity index (χ0v) is 19.6. The number of carbonyl (C=O) groups is 1. The Kier molecular flexibility index (Phi) is 7.56. The van der Waals surface area contributed by atoms with Crippen molar-refractivity contribution in [3.05, 3.63) is 107 Å². The van der Waals surface area contributed by atoms with Gasteiger partial charge in [0.2, 0.25) is 5.91 Å². The van der Waals surface area contributed by atoms with Gasteiger partial charge in [-0.15, -0.1) is 0 Å². The lowest BCUT2D eigenvalue weighted by atomic mass is 9.98. The first-order valence-electron chi connectivity index (χ1n) is 11.4. The van der Waals surface area contributed by atoms with Crippen molar-refractivity contribution in [2.75, 3.05) is 11.9 Å². The largest absolute Gasteiger partial charge is 0.309 e. The molecule has 2 aromatic carbocycles. The maximum Gasteiger partial charge on any atom is 0.247 e. The van der Waals surface area contributed by atoms with E-state index in [0.717, 1.165) is 28.1 Å². The molecule has 4 rings (SSSR count). The van der Waals surface area contributed by atoms with Crippen LogP contribution in [0.4, 0.5) is 5.82 Å². The second-order valence-electron chi connectivity index (χ2n) is 8.37. The normalized spacial score (nSPS) is 12.4. The third-order valence-electron chi connectivity index (χ3n) is 5.74. The number of anilines is 1. The van der Waals surface area contributed by atoms with Gasteiger partial charge in [-0.2, -0.15) is 15.5 Å². The molecule has 35 heavy (non-hydrogen) atoms. The topological polar surface area (TPSA) is 104 Å². The minimum Gasteiger partial charge on any atom is -0.309 e. The molecule has 0 aliphatic carbocycles. The van der Waals surface area contributed by atoms with Crippen LogP contribution >= 0.6 is 0 Å². The summed E-state index contributed by atoms with van der Waals surface area (Å²) in [5.41, 5.74) is 4.98. The Bertz CT molecular complexity index is 1300. The van der Waals surface area contributed by atoms with Crippen LogP contribution in [-0.4, -0.2) is 27.6 Å². The molecule has 0 saturated carbocycles. The maximum absolute atomic E-state index is 13.3. The predicted octanol–water partition coefficient (Wildman–Crippen LogP) is 4.79. The van der Waals surface area contributed by atoms with Crippen LogP contribution in [0.15, 0.2) is 85.1 Å². The minimum atomic E-state index is -0.554. The number of aromatic nitrogens is 3. The van der Waals surface area contributed by atoms with Crippen LogP contribution in [0, 0.1) is 18.3 Å². The van der Waals surface area contributed by atoms with Gasteiger partial charge < -0.3 is 10.6 Å².